The summed E-state index contributed by atoms with van der Waals surface area (Å²) in [6, 6.07) is 0. The number of morpholine rings is 1. The molecule has 118 valence electrons. The quantitative estimate of drug-likeness (QED) is 0.861. The van der Waals surface area contributed by atoms with Gasteiger partial charge >= 0.3 is 0 Å². The van der Waals surface area contributed by atoms with Crippen LogP contribution in [0.15, 0.2) is 0 Å². The van der Waals surface area contributed by atoms with Gasteiger partial charge in [-0.15, -0.1) is 0 Å². The van der Waals surface area contributed by atoms with E-state index >= 15 is 0 Å². The highest BCUT2D eigenvalue weighted by Crippen LogP contribution is 2.36. The highest BCUT2D eigenvalue weighted by Gasteiger charge is 2.46. The van der Waals surface area contributed by atoms with Gasteiger partial charge in [-0.1, -0.05) is 13.8 Å². The summed E-state index contributed by atoms with van der Waals surface area (Å²) in [6.07, 6.45) is 2.68. The third-order valence-corrected chi connectivity index (χ3v) is 4.84. The SMILES string of the molecule is CC1CN(C2(CN)CCOC(C(C)C)C2)CC(C)(C)O1. The van der Waals surface area contributed by atoms with E-state index in [0.717, 1.165) is 32.5 Å². The molecule has 2 fully saturated rings. The zero-order valence-electron chi connectivity index (χ0n) is 13.8. The predicted molar refractivity (Wildman–Crippen MR) is 81.8 cm³/mol. The first-order valence-corrected chi connectivity index (χ1v) is 8.02. The molecule has 2 heterocycles. The summed E-state index contributed by atoms with van der Waals surface area (Å²) in [7, 11) is 0. The molecule has 0 aromatic carbocycles. The van der Waals surface area contributed by atoms with Crippen LogP contribution in [0.5, 0.6) is 0 Å². The van der Waals surface area contributed by atoms with Crippen molar-refractivity contribution in [3.8, 4) is 0 Å². The van der Waals surface area contributed by atoms with Gasteiger partial charge in [0.1, 0.15) is 0 Å². The highest BCUT2D eigenvalue weighted by atomic mass is 16.5. The molecule has 2 N–H and O–H groups in total. The van der Waals surface area contributed by atoms with Gasteiger partial charge in [-0.05, 0) is 39.5 Å². The third-order valence-electron chi connectivity index (χ3n) is 4.84. The Kier molecular flexibility index (Phi) is 4.80. The van der Waals surface area contributed by atoms with Crippen molar-refractivity contribution >= 4 is 0 Å². The van der Waals surface area contributed by atoms with Gasteiger partial charge in [0.25, 0.3) is 0 Å². The number of ether oxygens (including phenoxy) is 2. The molecule has 0 aromatic rings. The summed E-state index contributed by atoms with van der Waals surface area (Å²) in [5.74, 6) is 0.549. The summed E-state index contributed by atoms with van der Waals surface area (Å²) in [5, 5.41) is 0. The Morgan fingerprint density at radius 3 is 2.60 bits per heavy atom. The molecule has 0 amide bonds. The van der Waals surface area contributed by atoms with E-state index in [1.54, 1.807) is 0 Å². The summed E-state index contributed by atoms with van der Waals surface area (Å²) in [5.41, 5.74) is 6.22. The van der Waals surface area contributed by atoms with E-state index < -0.39 is 0 Å². The molecule has 2 saturated heterocycles. The van der Waals surface area contributed by atoms with Crippen LogP contribution in [0.4, 0.5) is 0 Å². The zero-order chi connectivity index (χ0) is 15.0. The van der Waals surface area contributed by atoms with E-state index in [0.29, 0.717) is 18.6 Å². The molecule has 0 aromatic heterocycles. The molecule has 0 aliphatic carbocycles. The van der Waals surface area contributed by atoms with Crippen molar-refractivity contribution in [3.05, 3.63) is 0 Å². The Hall–Kier alpha value is -0.160. The molecule has 0 spiro atoms. The second kappa shape index (κ2) is 5.91. The fourth-order valence-electron chi connectivity index (χ4n) is 3.78. The molecule has 3 unspecified atom stereocenters. The van der Waals surface area contributed by atoms with Gasteiger partial charge in [0.15, 0.2) is 0 Å². The lowest BCUT2D eigenvalue weighted by atomic mass is 9.80. The number of rotatable bonds is 3. The Morgan fingerprint density at radius 1 is 1.35 bits per heavy atom. The van der Waals surface area contributed by atoms with Crippen molar-refractivity contribution in [3.63, 3.8) is 0 Å². The maximum Gasteiger partial charge on any atom is 0.0757 e. The number of nitrogens with zero attached hydrogens (tertiary/aromatic N) is 1. The highest BCUT2D eigenvalue weighted by molar-refractivity contribution is 5.00. The first kappa shape index (κ1) is 16.2. The van der Waals surface area contributed by atoms with Crippen LogP contribution >= 0.6 is 0 Å². The number of hydrogen-bond acceptors (Lipinski definition) is 4. The zero-order valence-corrected chi connectivity index (χ0v) is 13.8. The topological polar surface area (TPSA) is 47.7 Å². The second-order valence-corrected chi connectivity index (χ2v) is 7.60. The van der Waals surface area contributed by atoms with Crippen LogP contribution < -0.4 is 5.73 Å². The van der Waals surface area contributed by atoms with E-state index in [4.69, 9.17) is 15.2 Å². The maximum atomic E-state index is 6.23. The summed E-state index contributed by atoms with van der Waals surface area (Å²) >= 11 is 0. The van der Waals surface area contributed by atoms with Crippen LogP contribution in [0.1, 0.15) is 47.5 Å². The Bertz CT molecular complexity index is 332. The maximum absolute atomic E-state index is 6.23. The first-order chi connectivity index (χ1) is 9.28. The fourth-order valence-corrected chi connectivity index (χ4v) is 3.78. The van der Waals surface area contributed by atoms with Crippen LogP contribution in [0.2, 0.25) is 0 Å². The Labute approximate surface area is 124 Å². The van der Waals surface area contributed by atoms with Gasteiger partial charge in [-0.2, -0.15) is 0 Å². The molecule has 3 atom stereocenters. The molecule has 4 heteroatoms. The summed E-state index contributed by atoms with van der Waals surface area (Å²) in [4.78, 5) is 2.58. The van der Waals surface area contributed by atoms with Gasteiger partial charge < -0.3 is 15.2 Å². The molecule has 0 radical (unpaired) electrons. The lowest BCUT2D eigenvalue weighted by Crippen LogP contribution is -2.65. The molecule has 0 saturated carbocycles. The van der Waals surface area contributed by atoms with E-state index in [9.17, 15) is 0 Å². The van der Waals surface area contributed by atoms with E-state index in [1.165, 1.54) is 0 Å². The normalized spacial score (nSPS) is 39.1. The van der Waals surface area contributed by atoms with E-state index in [-0.39, 0.29) is 17.2 Å². The van der Waals surface area contributed by atoms with Crippen LogP contribution in [0.25, 0.3) is 0 Å². The monoisotopic (exact) mass is 284 g/mol. The van der Waals surface area contributed by atoms with E-state index in [1.807, 2.05) is 0 Å². The lowest BCUT2D eigenvalue weighted by molar-refractivity contribution is -0.174. The Morgan fingerprint density at radius 2 is 2.05 bits per heavy atom. The second-order valence-electron chi connectivity index (χ2n) is 7.60. The van der Waals surface area contributed by atoms with Crippen LogP contribution in [-0.4, -0.2) is 54.5 Å². The first-order valence-electron chi connectivity index (χ1n) is 8.02. The smallest absolute Gasteiger partial charge is 0.0757 e. The van der Waals surface area contributed by atoms with Crippen molar-refractivity contribution in [2.45, 2.75) is 70.8 Å². The van der Waals surface area contributed by atoms with Crippen molar-refractivity contribution in [2.75, 3.05) is 26.2 Å². The van der Waals surface area contributed by atoms with Crippen molar-refractivity contribution in [1.29, 1.82) is 0 Å². The minimum atomic E-state index is -0.0918. The molecule has 20 heavy (non-hydrogen) atoms. The van der Waals surface area contributed by atoms with Crippen molar-refractivity contribution in [1.82, 2.24) is 4.90 Å². The standard InChI is InChI=1S/C16H32N2O2/c1-12(2)14-8-16(10-17,6-7-19-14)18-9-13(3)20-15(4,5)11-18/h12-14H,6-11,17H2,1-5H3. The van der Waals surface area contributed by atoms with Gasteiger partial charge in [0.2, 0.25) is 0 Å². The van der Waals surface area contributed by atoms with Crippen LogP contribution in [0.3, 0.4) is 0 Å². The molecular weight excluding hydrogens is 252 g/mol. The molecule has 0 bridgehead atoms. The van der Waals surface area contributed by atoms with E-state index in [2.05, 4.69) is 39.5 Å². The van der Waals surface area contributed by atoms with Gasteiger partial charge in [0, 0.05) is 31.8 Å². The van der Waals surface area contributed by atoms with Gasteiger partial charge in [-0.3, -0.25) is 4.90 Å². The minimum absolute atomic E-state index is 0.0858. The van der Waals surface area contributed by atoms with Crippen LogP contribution in [0, 0.1) is 5.92 Å². The average Bonchev–Trinajstić information content (AvgIpc) is 2.36. The van der Waals surface area contributed by atoms with Gasteiger partial charge in [0.05, 0.1) is 17.8 Å². The van der Waals surface area contributed by atoms with Gasteiger partial charge in [-0.25, -0.2) is 0 Å². The molecule has 2 aliphatic heterocycles. The molecule has 2 rings (SSSR count). The lowest BCUT2D eigenvalue weighted by Gasteiger charge is -2.54. The minimum Gasteiger partial charge on any atom is -0.378 e. The number of nitrogens with two attached hydrogens (primary N) is 1. The number of hydrogen-bond donors (Lipinski definition) is 1. The predicted octanol–water partition coefficient (Wildman–Crippen LogP) is 2.02. The molecular formula is C16H32N2O2. The molecule has 2 aliphatic rings. The largest absolute Gasteiger partial charge is 0.378 e. The molecule has 4 nitrogen and oxygen atoms in total. The average molecular weight is 284 g/mol. The van der Waals surface area contributed by atoms with Crippen molar-refractivity contribution in [2.24, 2.45) is 11.7 Å². The summed E-state index contributed by atoms with van der Waals surface area (Å²) < 4.78 is 12.0. The third kappa shape index (κ3) is 3.35. The van der Waals surface area contributed by atoms with Crippen molar-refractivity contribution < 1.29 is 9.47 Å². The Balaban J connectivity index is 2.17. The van der Waals surface area contributed by atoms with Crippen LogP contribution in [-0.2, 0) is 9.47 Å². The fraction of sp³-hybridized carbons (Fsp3) is 1.00. The summed E-state index contributed by atoms with van der Waals surface area (Å²) in [6.45, 7) is 14.5.